The number of ketones is 1. The van der Waals surface area contributed by atoms with E-state index in [0.29, 0.717) is 18.6 Å². The zero-order valence-corrected chi connectivity index (χ0v) is 13.1. The second-order valence-electron chi connectivity index (χ2n) is 6.28. The van der Waals surface area contributed by atoms with Crippen molar-refractivity contribution in [2.24, 2.45) is 17.8 Å². The average molecular weight is 311 g/mol. The molecule has 1 amide bonds. The predicted octanol–water partition coefficient (Wildman–Crippen LogP) is 1.11. The van der Waals surface area contributed by atoms with Gasteiger partial charge >= 0.3 is 5.97 Å². The first-order valence-corrected chi connectivity index (χ1v) is 8.74. The molecule has 2 unspecified atom stereocenters. The van der Waals surface area contributed by atoms with Crippen molar-refractivity contribution < 1.29 is 19.1 Å². The summed E-state index contributed by atoms with van der Waals surface area (Å²) in [6.07, 6.45) is 3.26. The predicted molar refractivity (Wildman–Crippen MR) is 78.8 cm³/mol. The fraction of sp³-hybridized carbons (Fsp3) is 0.800. The number of amides is 1. The molecule has 2 saturated carbocycles. The number of carbonyl (C=O) groups is 3. The number of Topliss-reactive ketones (excluding diaryl/α,β-unsaturated/α-hetero) is 1. The summed E-state index contributed by atoms with van der Waals surface area (Å²) >= 11 is 1.83. The van der Waals surface area contributed by atoms with E-state index in [-0.39, 0.29) is 42.2 Å². The van der Waals surface area contributed by atoms with Crippen LogP contribution < -0.4 is 0 Å². The lowest BCUT2D eigenvalue weighted by atomic mass is 9.74. The number of fused-ring (bicyclic) bond motifs is 2. The van der Waals surface area contributed by atoms with Gasteiger partial charge in [0.2, 0.25) is 5.91 Å². The normalized spacial score (nSPS) is 31.7. The monoisotopic (exact) mass is 311 g/mol. The lowest BCUT2D eigenvalue weighted by Crippen LogP contribution is -2.47. The maximum Gasteiger partial charge on any atom is 0.325 e. The topological polar surface area (TPSA) is 63.7 Å². The number of rotatable bonds is 4. The van der Waals surface area contributed by atoms with Crippen molar-refractivity contribution in [2.45, 2.75) is 31.7 Å². The van der Waals surface area contributed by atoms with Crippen LogP contribution in [0.15, 0.2) is 0 Å². The third-order valence-corrected chi connectivity index (χ3v) is 6.00. The summed E-state index contributed by atoms with van der Waals surface area (Å²) in [6.45, 7) is 0.0501. The molecule has 116 valence electrons. The quantitative estimate of drug-likeness (QED) is 0.728. The first-order valence-electron chi connectivity index (χ1n) is 7.59. The molecule has 0 spiro atoms. The fourth-order valence-electron chi connectivity index (χ4n) is 3.41. The molecule has 3 rings (SSSR count). The van der Waals surface area contributed by atoms with Crippen LogP contribution in [0.25, 0.3) is 0 Å². The summed E-state index contributed by atoms with van der Waals surface area (Å²) in [7, 11) is 1.35. The van der Waals surface area contributed by atoms with Crippen LogP contribution in [0.1, 0.15) is 25.7 Å². The first-order chi connectivity index (χ1) is 10.1. The van der Waals surface area contributed by atoms with E-state index in [0.717, 1.165) is 24.3 Å². The summed E-state index contributed by atoms with van der Waals surface area (Å²) < 4.78 is 4.70. The number of ether oxygens (including phenoxy) is 1. The number of esters is 1. The van der Waals surface area contributed by atoms with Crippen molar-refractivity contribution in [2.75, 3.05) is 25.2 Å². The molecule has 2 aliphatic carbocycles. The molecule has 1 aliphatic heterocycles. The number of hydrogen-bond donors (Lipinski definition) is 0. The summed E-state index contributed by atoms with van der Waals surface area (Å²) in [5, 5.41) is 0. The van der Waals surface area contributed by atoms with E-state index in [1.54, 1.807) is 4.90 Å². The highest BCUT2D eigenvalue weighted by Crippen LogP contribution is 2.40. The second-order valence-corrected chi connectivity index (χ2v) is 7.35. The van der Waals surface area contributed by atoms with Gasteiger partial charge in [-0.05, 0) is 25.7 Å². The summed E-state index contributed by atoms with van der Waals surface area (Å²) in [4.78, 5) is 38.1. The lowest BCUT2D eigenvalue weighted by Gasteiger charge is -2.38. The minimum Gasteiger partial charge on any atom is -0.468 e. The van der Waals surface area contributed by atoms with Crippen molar-refractivity contribution in [3.63, 3.8) is 0 Å². The third kappa shape index (κ3) is 3.10. The van der Waals surface area contributed by atoms with Gasteiger partial charge in [-0.15, -0.1) is 0 Å². The summed E-state index contributed by atoms with van der Waals surface area (Å²) in [5.41, 5.74) is 0. The Morgan fingerprint density at radius 1 is 1.24 bits per heavy atom. The Bertz CT molecular complexity index is 447. The number of methoxy groups -OCH3 is 1. The Morgan fingerprint density at radius 2 is 1.86 bits per heavy atom. The molecule has 2 bridgehead atoms. The van der Waals surface area contributed by atoms with Crippen LogP contribution in [0.4, 0.5) is 0 Å². The van der Waals surface area contributed by atoms with Crippen LogP contribution in [0.3, 0.4) is 0 Å². The SMILES string of the molecule is COC(=O)CN(C(=O)C1CC2CSCC(C1)C2=O)C1CC1. The Hall–Kier alpha value is -1.04. The molecule has 21 heavy (non-hydrogen) atoms. The highest BCUT2D eigenvalue weighted by Gasteiger charge is 2.45. The summed E-state index contributed by atoms with van der Waals surface area (Å²) in [5.74, 6) is 1.72. The van der Waals surface area contributed by atoms with Crippen LogP contribution >= 0.6 is 11.8 Å². The number of carbonyl (C=O) groups excluding carboxylic acids is 3. The lowest BCUT2D eigenvalue weighted by molar-refractivity contribution is -0.150. The molecule has 0 aromatic rings. The molecule has 0 aromatic heterocycles. The minimum absolute atomic E-state index is 0.0376. The Kier molecular flexibility index (Phi) is 4.24. The molecule has 5 nitrogen and oxygen atoms in total. The number of nitrogens with zero attached hydrogens (tertiary/aromatic N) is 1. The molecule has 2 atom stereocenters. The van der Waals surface area contributed by atoms with E-state index >= 15 is 0 Å². The van der Waals surface area contributed by atoms with Crippen LogP contribution in [0, 0.1) is 17.8 Å². The Morgan fingerprint density at radius 3 is 2.38 bits per heavy atom. The molecule has 0 aromatic carbocycles. The molecule has 1 heterocycles. The highest BCUT2D eigenvalue weighted by atomic mass is 32.2. The van der Waals surface area contributed by atoms with Gasteiger partial charge in [-0.25, -0.2) is 0 Å². The molecular formula is C15H21NO4S. The van der Waals surface area contributed by atoms with Gasteiger partial charge in [-0.1, -0.05) is 0 Å². The van der Waals surface area contributed by atoms with Crippen LogP contribution in [0.2, 0.25) is 0 Å². The third-order valence-electron chi connectivity index (χ3n) is 4.73. The van der Waals surface area contributed by atoms with Crippen molar-refractivity contribution in [1.82, 2.24) is 4.90 Å². The molecule has 1 saturated heterocycles. The minimum atomic E-state index is -0.363. The van der Waals surface area contributed by atoms with Crippen LogP contribution in [-0.4, -0.2) is 53.8 Å². The smallest absolute Gasteiger partial charge is 0.325 e. The fourth-order valence-corrected chi connectivity index (χ4v) is 4.72. The standard InChI is InChI=1S/C15H21NO4S/c1-20-13(17)6-16(12-2-3-12)15(19)9-4-10-7-21-8-11(5-9)14(10)18/h9-12H,2-8H2,1H3. The number of thioether (sulfide) groups is 1. The van der Waals surface area contributed by atoms with Gasteiger partial charge in [0.25, 0.3) is 0 Å². The van der Waals surface area contributed by atoms with Crippen molar-refractivity contribution in [3.8, 4) is 0 Å². The largest absolute Gasteiger partial charge is 0.468 e. The zero-order chi connectivity index (χ0) is 15.0. The van der Waals surface area contributed by atoms with Crippen LogP contribution in [0.5, 0.6) is 0 Å². The Balaban J connectivity index is 1.68. The molecule has 3 aliphatic rings. The van der Waals surface area contributed by atoms with E-state index in [2.05, 4.69) is 0 Å². The highest BCUT2D eigenvalue weighted by molar-refractivity contribution is 7.99. The average Bonchev–Trinajstić information content (AvgIpc) is 3.28. The van der Waals surface area contributed by atoms with E-state index in [4.69, 9.17) is 4.74 Å². The van der Waals surface area contributed by atoms with Gasteiger partial charge in [0, 0.05) is 35.3 Å². The molecule has 0 radical (unpaired) electrons. The maximum absolute atomic E-state index is 12.8. The molecular weight excluding hydrogens is 290 g/mol. The van der Waals surface area contributed by atoms with Gasteiger partial charge in [-0.3, -0.25) is 14.4 Å². The molecule has 3 fully saturated rings. The van der Waals surface area contributed by atoms with E-state index < -0.39 is 0 Å². The van der Waals surface area contributed by atoms with Gasteiger partial charge in [0.15, 0.2) is 0 Å². The van der Waals surface area contributed by atoms with Crippen LogP contribution in [-0.2, 0) is 19.1 Å². The van der Waals surface area contributed by atoms with E-state index in [1.807, 2.05) is 11.8 Å². The zero-order valence-electron chi connectivity index (χ0n) is 12.2. The number of hydrogen-bond acceptors (Lipinski definition) is 5. The van der Waals surface area contributed by atoms with Crippen molar-refractivity contribution >= 4 is 29.4 Å². The Labute approximate surface area is 128 Å². The van der Waals surface area contributed by atoms with Crippen molar-refractivity contribution in [3.05, 3.63) is 0 Å². The first kappa shape index (κ1) is 14.9. The van der Waals surface area contributed by atoms with Gasteiger partial charge < -0.3 is 9.64 Å². The maximum atomic E-state index is 12.8. The van der Waals surface area contributed by atoms with Gasteiger partial charge in [0.05, 0.1) is 7.11 Å². The van der Waals surface area contributed by atoms with E-state index in [9.17, 15) is 14.4 Å². The van der Waals surface area contributed by atoms with E-state index in [1.165, 1.54) is 7.11 Å². The van der Waals surface area contributed by atoms with Gasteiger partial charge in [-0.2, -0.15) is 11.8 Å². The van der Waals surface area contributed by atoms with Crippen molar-refractivity contribution in [1.29, 1.82) is 0 Å². The molecule has 6 heteroatoms. The van der Waals surface area contributed by atoms with Gasteiger partial charge in [0.1, 0.15) is 12.3 Å². The summed E-state index contributed by atoms with van der Waals surface area (Å²) in [6, 6.07) is 0.198. The molecule has 0 N–H and O–H groups in total. The second kappa shape index (κ2) is 5.99.